The highest BCUT2D eigenvalue weighted by Crippen LogP contribution is 2.28. The van der Waals surface area contributed by atoms with Crippen LogP contribution in [0, 0.1) is 5.92 Å². The van der Waals surface area contributed by atoms with E-state index in [-0.39, 0.29) is 5.41 Å². The van der Waals surface area contributed by atoms with Crippen LogP contribution in [0.25, 0.3) is 0 Å². The Hall–Kier alpha value is -0.860. The van der Waals surface area contributed by atoms with Gasteiger partial charge in [0.2, 0.25) is 0 Å². The zero-order valence-electron chi connectivity index (χ0n) is 16.5. The smallest absolute Gasteiger partial charge is 0.110 e. The summed E-state index contributed by atoms with van der Waals surface area (Å²) in [7, 11) is 0. The summed E-state index contributed by atoms with van der Waals surface area (Å²) in [6.45, 7) is 14.9. The Morgan fingerprint density at radius 3 is 2.58 bits per heavy atom. The van der Waals surface area contributed by atoms with Gasteiger partial charge in [-0.05, 0) is 54.6 Å². The number of nitrogens with zero attached hydrogens (tertiary/aromatic N) is 1. The molecule has 1 aliphatic heterocycles. The van der Waals surface area contributed by atoms with Gasteiger partial charge < -0.3 is 4.74 Å². The average Bonchev–Trinajstić information content (AvgIpc) is 3.05. The lowest BCUT2D eigenvalue weighted by Crippen LogP contribution is -2.36. The van der Waals surface area contributed by atoms with Crippen molar-refractivity contribution >= 4 is 0 Å². The Balaban J connectivity index is 1.92. The molecule has 1 fully saturated rings. The Morgan fingerprint density at radius 1 is 1.21 bits per heavy atom. The molecule has 1 aromatic carbocycles. The summed E-state index contributed by atoms with van der Waals surface area (Å²) in [6, 6.07) is 8.99. The summed E-state index contributed by atoms with van der Waals surface area (Å²) in [6.07, 6.45) is 6.44. The quantitative estimate of drug-likeness (QED) is 0.632. The van der Waals surface area contributed by atoms with Crippen LogP contribution in [0.2, 0.25) is 0 Å². The maximum atomic E-state index is 5.91. The molecule has 0 N–H and O–H groups in total. The molecule has 0 aromatic heterocycles. The van der Waals surface area contributed by atoms with E-state index >= 15 is 0 Å². The normalized spacial score (nSPS) is 19.8. The largest absolute Gasteiger partial charge is 0.363 e. The number of ether oxygens (including phenoxy) is 1. The van der Waals surface area contributed by atoms with Crippen LogP contribution in [0.15, 0.2) is 24.3 Å². The summed E-state index contributed by atoms with van der Waals surface area (Å²) >= 11 is 0. The standard InChI is InChI=1S/C22H37NO/c1-6-14-23(21-12-9-16-24-21)15-13-18(2)17-19-10-7-8-11-20(19)22(3,4)5/h7-8,10-11,18,21H,6,9,12-17H2,1-5H3. The zero-order valence-corrected chi connectivity index (χ0v) is 16.5. The fourth-order valence-electron chi connectivity index (χ4n) is 3.83. The zero-order chi connectivity index (χ0) is 17.6. The van der Waals surface area contributed by atoms with Crippen molar-refractivity contribution in [2.24, 2.45) is 5.92 Å². The van der Waals surface area contributed by atoms with Crippen molar-refractivity contribution < 1.29 is 4.74 Å². The first-order valence-corrected chi connectivity index (χ1v) is 9.86. The van der Waals surface area contributed by atoms with Crippen molar-refractivity contribution in [1.29, 1.82) is 0 Å². The van der Waals surface area contributed by atoms with E-state index < -0.39 is 0 Å². The van der Waals surface area contributed by atoms with Crippen LogP contribution < -0.4 is 0 Å². The average molecular weight is 332 g/mol. The second-order valence-electron chi connectivity index (χ2n) is 8.51. The van der Waals surface area contributed by atoms with E-state index in [9.17, 15) is 0 Å². The van der Waals surface area contributed by atoms with Crippen molar-refractivity contribution in [3.05, 3.63) is 35.4 Å². The topological polar surface area (TPSA) is 12.5 Å². The van der Waals surface area contributed by atoms with E-state index in [0.29, 0.717) is 12.1 Å². The molecule has 2 atom stereocenters. The van der Waals surface area contributed by atoms with Crippen molar-refractivity contribution in [1.82, 2.24) is 4.90 Å². The number of hydrogen-bond acceptors (Lipinski definition) is 2. The molecule has 0 bridgehead atoms. The fourth-order valence-corrected chi connectivity index (χ4v) is 3.83. The van der Waals surface area contributed by atoms with E-state index in [1.165, 1.54) is 43.2 Å². The van der Waals surface area contributed by atoms with Crippen LogP contribution in [0.1, 0.15) is 71.4 Å². The summed E-state index contributed by atoms with van der Waals surface area (Å²) < 4.78 is 5.91. The minimum absolute atomic E-state index is 0.224. The van der Waals surface area contributed by atoms with E-state index in [2.05, 4.69) is 63.8 Å². The van der Waals surface area contributed by atoms with Crippen LogP contribution in [0.5, 0.6) is 0 Å². The lowest BCUT2D eigenvalue weighted by molar-refractivity contribution is -0.0220. The van der Waals surface area contributed by atoms with Gasteiger partial charge >= 0.3 is 0 Å². The molecule has 0 spiro atoms. The van der Waals surface area contributed by atoms with Crippen LogP contribution in [0.3, 0.4) is 0 Å². The Labute approximate surface area is 149 Å². The van der Waals surface area contributed by atoms with Gasteiger partial charge in [0.25, 0.3) is 0 Å². The van der Waals surface area contributed by atoms with Crippen LogP contribution in [-0.2, 0) is 16.6 Å². The summed E-state index contributed by atoms with van der Waals surface area (Å²) in [5.41, 5.74) is 3.25. The van der Waals surface area contributed by atoms with Crippen LogP contribution in [-0.4, -0.2) is 30.8 Å². The number of rotatable bonds is 8. The Bertz CT molecular complexity index is 485. The number of benzene rings is 1. The highest BCUT2D eigenvalue weighted by atomic mass is 16.5. The van der Waals surface area contributed by atoms with Gasteiger partial charge in [-0.25, -0.2) is 0 Å². The first kappa shape index (κ1) is 19.5. The predicted molar refractivity (Wildman–Crippen MR) is 103 cm³/mol. The second-order valence-corrected chi connectivity index (χ2v) is 8.51. The first-order chi connectivity index (χ1) is 11.4. The Kier molecular flexibility index (Phi) is 7.31. The van der Waals surface area contributed by atoms with E-state index in [1.54, 1.807) is 0 Å². The molecule has 0 aliphatic carbocycles. The van der Waals surface area contributed by atoms with Crippen molar-refractivity contribution in [3.8, 4) is 0 Å². The molecule has 1 aromatic rings. The van der Waals surface area contributed by atoms with Crippen LogP contribution >= 0.6 is 0 Å². The van der Waals surface area contributed by atoms with Crippen molar-refractivity contribution in [2.45, 2.75) is 78.4 Å². The third-order valence-electron chi connectivity index (χ3n) is 5.13. The molecule has 136 valence electrons. The molecule has 24 heavy (non-hydrogen) atoms. The molecule has 1 heterocycles. The van der Waals surface area contributed by atoms with Gasteiger partial charge in [0.1, 0.15) is 6.23 Å². The van der Waals surface area contributed by atoms with Crippen molar-refractivity contribution in [2.75, 3.05) is 19.7 Å². The molecular formula is C22H37NO. The van der Waals surface area contributed by atoms with Gasteiger partial charge in [-0.2, -0.15) is 0 Å². The van der Waals surface area contributed by atoms with Gasteiger partial charge in [0.05, 0.1) is 0 Å². The van der Waals surface area contributed by atoms with E-state index in [4.69, 9.17) is 4.74 Å². The SMILES string of the molecule is CCCN(CCC(C)Cc1ccccc1C(C)(C)C)C1CCCO1. The second kappa shape index (κ2) is 9.01. The summed E-state index contributed by atoms with van der Waals surface area (Å²) in [5, 5.41) is 0. The fraction of sp³-hybridized carbons (Fsp3) is 0.727. The van der Waals surface area contributed by atoms with E-state index in [1.807, 2.05) is 0 Å². The van der Waals surface area contributed by atoms with Gasteiger partial charge in [-0.3, -0.25) is 4.90 Å². The molecule has 0 saturated carbocycles. The molecule has 2 nitrogen and oxygen atoms in total. The van der Waals surface area contributed by atoms with Gasteiger partial charge in [-0.1, -0.05) is 58.9 Å². The summed E-state index contributed by atoms with van der Waals surface area (Å²) in [5.74, 6) is 0.703. The maximum Gasteiger partial charge on any atom is 0.110 e. The van der Waals surface area contributed by atoms with Gasteiger partial charge in [0.15, 0.2) is 0 Å². The monoisotopic (exact) mass is 331 g/mol. The molecule has 1 saturated heterocycles. The van der Waals surface area contributed by atoms with Gasteiger partial charge in [-0.15, -0.1) is 0 Å². The van der Waals surface area contributed by atoms with Crippen molar-refractivity contribution in [3.63, 3.8) is 0 Å². The lowest BCUT2D eigenvalue weighted by atomic mass is 9.81. The third kappa shape index (κ3) is 5.60. The first-order valence-electron chi connectivity index (χ1n) is 9.86. The third-order valence-corrected chi connectivity index (χ3v) is 5.13. The van der Waals surface area contributed by atoms with E-state index in [0.717, 1.165) is 19.7 Å². The molecule has 2 rings (SSSR count). The molecule has 2 unspecified atom stereocenters. The molecule has 1 aliphatic rings. The number of hydrogen-bond donors (Lipinski definition) is 0. The molecule has 0 radical (unpaired) electrons. The predicted octanol–water partition coefficient (Wildman–Crippen LogP) is 5.40. The molecular weight excluding hydrogens is 294 g/mol. The lowest BCUT2D eigenvalue weighted by Gasteiger charge is -2.29. The Morgan fingerprint density at radius 2 is 1.96 bits per heavy atom. The molecule has 2 heteroatoms. The minimum atomic E-state index is 0.224. The maximum absolute atomic E-state index is 5.91. The highest BCUT2D eigenvalue weighted by Gasteiger charge is 2.23. The molecule has 0 amide bonds. The van der Waals surface area contributed by atoms with Gasteiger partial charge in [0, 0.05) is 19.7 Å². The highest BCUT2D eigenvalue weighted by molar-refractivity contribution is 5.33. The summed E-state index contributed by atoms with van der Waals surface area (Å²) in [4.78, 5) is 2.57. The van der Waals surface area contributed by atoms with Crippen LogP contribution in [0.4, 0.5) is 0 Å². The minimum Gasteiger partial charge on any atom is -0.363 e.